The van der Waals surface area contributed by atoms with Gasteiger partial charge in [0.2, 0.25) is 0 Å². The van der Waals surface area contributed by atoms with Crippen molar-refractivity contribution in [1.82, 2.24) is 0 Å². The molecule has 2 aliphatic rings. The molecule has 4 rings (SSSR count). The number of esters is 1. The third-order valence-electron chi connectivity index (χ3n) is 5.22. The van der Waals surface area contributed by atoms with E-state index in [9.17, 15) is 23.5 Å². The highest BCUT2D eigenvalue weighted by Crippen LogP contribution is 2.55. The summed E-state index contributed by atoms with van der Waals surface area (Å²) in [6.07, 6.45) is 0.303. The second kappa shape index (κ2) is 6.02. The summed E-state index contributed by atoms with van der Waals surface area (Å²) in [4.78, 5) is 26.3. The van der Waals surface area contributed by atoms with Gasteiger partial charge in [-0.25, -0.2) is 13.6 Å². The molecule has 0 radical (unpaired) electrons. The van der Waals surface area contributed by atoms with Gasteiger partial charge in [0.25, 0.3) is 0 Å². The molecule has 0 saturated carbocycles. The van der Waals surface area contributed by atoms with Gasteiger partial charge in [-0.15, -0.1) is 0 Å². The highest BCUT2D eigenvalue weighted by molar-refractivity contribution is 9.10. The highest BCUT2D eigenvalue weighted by atomic mass is 79.9. The van der Waals surface area contributed by atoms with E-state index in [2.05, 4.69) is 15.9 Å². The summed E-state index contributed by atoms with van der Waals surface area (Å²) in [6, 6.07) is 6.10. The Morgan fingerprint density at radius 2 is 2.07 bits per heavy atom. The minimum atomic E-state index is -1.43. The largest absolute Gasteiger partial charge is 0.480 e. The number of carbonyl (C=O) groups is 2. The van der Waals surface area contributed by atoms with Crippen LogP contribution in [-0.4, -0.2) is 29.6 Å². The summed E-state index contributed by atoms with van der Waals surface area (Å²) in [5, 5.41) is 9.62. The number of anilines is 1. The second-order valence-electron chi connectivity index (χ2n) is 6.58. The fraction of sp³-hybridized carbons (Fsp3) is 0.263. The fourth-order valence-corrected chi connectivity index (χ4v) is 4.72. The number of ether oxygens (including phenoxy) is 1. The van der Waals surface area contributed by atoms with Crippen LogP contribution >= 0.6 is 15.9 Å². The monoisotopic (exact) mass is 437 g/mol. The van der Waals surface area contributed by atoms with Gasteiger partial charge in [0.15, 0.2) is 11.6 Å². The first-order valence-corrected chi connectivity index (χ1v) is 9.10. The van der Waals surface area contributed by atoms with Crippen LogP contribution in [0.4, 0.5) is 14.5 Å². The average Bonchev–Trinajstić information content (AvgIpc) is 3.08. The lowest BCUT2D eigenvalue weighted by molar-refractivity contribution is -0.139. The first kappa shape index (κ1) is 17.9. The third-order valence-corrected chi connectivity index (χ3v) is 5.88. The number of aliphatic carboxylic acids is 1. The number of carboxylic acids is 1. The van der Waals surface area contributed by atoms with E-state index in [0.29, 0.717) is 22.1 Å². The van der Waals surface area contributed by atoms with Gasteiger partial charge in [-0.05, 0) is 24.6 Å². The van der Waals surface area contributed by atoms with Crippen LogP contribution in [-0.2, 0) is 15.0 Å². The van der Waals surface area contributed by atoms with Gasteiger partial charge >= 0.3 is 11.9 Å². The zero-order valence-corrected chi connectivity index (χ0v) is 15.7. The molecule has 0 aliphatic carbocycles. The number of rotatable bonds is 3. The van der Waals surface area contributed by atoms with Crippen molar-refractivity contribution in [3.63, 3.8) is 0 Å². The first-order valence-electron chi connectivity index (χ1n) is 8.31. The Morgan fingerprint density at radius 1 is 1.37 bits per heavy atom. The van der Waals surface area contributed by atoms with Gasteiger partial charge in [0, 0.05) is 33.9 Å². The van der Waals surface area contributed by atoms with Crippen molar-refractivity contribution in [1.29, 1.82) is 0 Å². The molecule has 1 N–H and O–H groups in total. The number of benzene rings is 2. The molecule has 2 aromatic rings. The van der Waals surface area contributed by atoms with Crippen LogP contribution in [0, 0.1) is 11.6 Å². The summed E-state index contributed by atoms with van der Waals surface area (Å²) in [7, 11) is 0. The lowest BCUT2D eigenvalue weighted by Crippen LogP contribution is -2.46. The molecule has 0 amide bonds. The van der Waals surface area contributed by atoms with Gasteiger partial charge in [-0.1, -0.05) is 28.9 Å². The zero-order chi connectivity index (χ0) is 19.5. The summed E-state index contributed by atoms with van der Waals surface area (Å²) >= 11 is 3.43. The molecular weight excluding hydrogens is 424 g/mol. The molecule has 0 saturated heterocycles. The maximum absolute atomic E-state index is 14.0. The lowest BCUT2D eigenvalue weighted by Gasteiger charge is -2.28. The lowest BCUT2D eigenvalue weighted by atomic mass is 9.77. The second-order valence-corrected chi connectivity index (χ2v) is 7.44. The molecule has 2 aromatic carbocycles. The molecule has 0 bridgehead atoms. The molecule has 1 spiro atoms. The molecule has 27 heavy (non-hydrogen) atoms. The average molecular weight is 438 g/mol. The number of nitrogens with zero attached hydrogens (tertiary/aromatic N) is 1. The predicted molar refractivity (Wildman–Crippen MR) is 96.0 cm³/mol. The Balaban J connectivity index is 2.00. The van der Waals surface area contributed by atoms with Gasteiger partial charge in [-0.3, -0.25) is 4.79 Å². The number of hydrogen-bond acceptors (Lipinski definition) is 4. The zero-order valence-electron chi connectivity index (χ0n) is 14.1. The van der Waals surface area contributed by atoms with Crippen molar-refractivity contribution in [2.45, 2.75) is 24.8 Å². The molecule has 5 nitrogen and oxygen atoms in total. The Bertz CT molecular complexity index is 996. The Labute approximate surface area is 161 Å². The summed E-state index contributed by atoms with van der Waals surface area (Å²) in [5.41, 5.74) is -0.183. The first-order chi connectivity index (χ1) is 12.8. The number of hydrogen-bond donors (Lipinski definition) is 1. The van der Waals surface area contributed by atoms with E-state index in [-0.39, 0.29) is 17.9 Å². The van der Waals surface area contributed by atoms with E-state index >= 15 is 0 Å². The fourth-order valence-electron chi connectivity index (χ4n) is 4.03. The normalized spacial score (nSPS) is 21.2. The summed E-state index contributed by atoms with van der Waals surface area (Å²) in [5.74, 6) is -3.97. The maximum atomic E-state index is 14.0. The SMILES string of the molecule is CCC(C(=O)O)N1CC2(C(=O)Oc3cc(F)c(F)cc32)c2c(Br)cccc21. The summed E-state index contributed by atoms with van der Waals surface area (Å²) in [6.45, 7) is 1.70. The third kappa shape index (κ3) is 2.32. The molecule has 2 heterocycles. The summed E-state index contributed by atoms with van der Waals surface area (Å²) < 4.78 is 33.5. The molecule has 140 valence electrons. The smallest absolute Gasteiger partial charge is 0.328 e. The Kier molecular flexibility index (Phi) is 3.99. The quantitative estimate of drug-likeness (QED) is 0.586. The molecule has 0 aromatic heterocycles. The van der Waals surface area contributed by atoms with Gasteiger partial charge in [-0.2, -0.15) is 0 Å². The molecule has 8 heteroatoms. The minimum absolute atomic E-state index is 0.0351. The Hall–Kier alpha value is -2.48. The van der Waals surface area contributed by atoms with Crippen molar-refractivity contribution in [2.75, 3.05) is 11.4 Å². The molecule has 2 unspecified atom stereocenters. The Morgan fingerprint density at radius 3 is 2.74 bits per heavy atom. The van der Waals surface area contributed by atoms with Crippen LogP contribution in [0.15, 0.2) is 34.8 Å². The molecule has 2 atom stereocenters. The van der Waals surface area contributed by atoms with Crippen molar-refractivity contribution in [3.8, 4) is 5.75 Å². The van der Waals surface area contributed by atoms with E-state index in [1.807, 2.05) is 0 Å². The van der Waals surface area contributed by atoms with Crippen LogP contribution in [0.5, 0.6) is 5.75 Å². The van der Waals surface area contributed by atoms with E-state index in [4.69, 9.17) is 4.74 Å². The number of fused-ring (bicyclic) bond motifs is 4. The van der Waals surface area contributed by atoms with Crippen molar-refractivity contribution in [3.05, 3.63) is 57.6 Å². The van der Waals surface area contributed by atoms with Crippen LogP contribution in [0.25, 0.3) is 0 Å². The van der Waals surface area contributed by atoms with Crippen LogP contribution in [0.3, 0.4) is 0 Å². The van der Waals surface area contributed by atoms with Crippen molar-refractivity contribution < 1.29 is 28.2 Å². The van der Waals surface area contributed by atoms with Crippen molar-refractivity contribution in [2.24, 2.45) is 0 Å². The van der Waals surface area contributed by atoms with Crippen LogP contribution in [0.1, 0.15) is 24.5 Å². The van der Waals surface area contributed by atoms with Crippen LogP contribution in [0.2, 0.25) is 0 Å². The minimum Gasteiger partial charge on any atom is -0.480 e. The van der Waals surface area contributed by atoms with Crippen molar-refractivity contribution >= 4 is 33.6 Å². The maximum Gasteiger partial charge on any atom is 0.328 e. The van der Waals surface area contributed by atoms with Gasteiger partial charge in [0.1, 0.15) is 17.2 Å². The van der Waals surface area contributed by atoms with E-state index < -0.39 is 35.0 Å². The molecule has 0 fully saturated rings. The van der Waals surface area contributed by atoms with Gasteiger partial charge in [0.05, 0.1) is 0 Å². The van der Waals surface area contributed by atoms with Crippen LogP contribution < -0.4 is 9.64 Å². The number of halogens is 3. The predicted octanol–water partition coefficient (Wildman–Crippen LogP) is 3.62. The number of carboxylic acid groups (broad SMARTS) is 1. The van der Waals surface area contributed by atoms with E-state index in [1.165, 1.54) is 0 Å². The van der Waals surface area contributed by atoms with E-state index in [0.717, 1.165) is 12.1 Å². The highest BCUT2D eigenvalue weighted by Gasteiger charge is 2.59. The molecule has 2 aliphatic heterocycles. The van der Waals surface area contributed by atoms with Gasteiger partial charge < -0.3 is 14.7 Å². The number of carbonyl (C=O) groups excluding carboxylic acids is 1. The molecular formula is C19H14BrF2NO4. The standard InChI is InChI=1S/C19H14BrF2NO4/c1-2-13(17(24)25)23-8-19(16-10(20)4-3-5-14(16)23)9-6-11(21)12(22)7-15(9)27-18(19)26/h3-7,13H,2,8H2,1H3,(H,24,25). The van der Waals surface area contributed by atoms with E-state index in [1.54, 1.807) is 30.0 Å². The topological polar surface area (TPSA) is 66.8 Å².